The summed E-state index contributed by atoms with van der Waals surface area (Å²) in [5.41, 5.74) is 1.99. The fraction of sp³-hybridized carbons (Fsp3) is 0.154. The van der Waals surface area contributed by atoms with E-state index in [0.29, 0.717) is 23.2 Å². The molecule has 0 saturated heterocycles. The number of carboxylic acid groups (broad SMARTS) is 1. The van der Waals surface area contributed by atoms with E-state index in [1.807, 2.05) is 16.7 Å². The highest BCUT2D eigenvalue weighted by molar-refractivity contribution is 6.06. The zero-order valence-electron chi connectivity index (χ0n) is 18.1. The Morgan fingerprint density at radius 3 is 2.26 bits per heavy atom. The van der Waals surface area contributed by atoms with Gasteiger partial charge in [-0.25, -0.2) is 4.79 Å². The molecule has 2 N–H and O–H groups in total. The molecule has 4 aromatic rings. The van der Waals surface area contributed by atoms with Gasteiger partial charge in [-0.3, -0.25) is 4.79 Å². The molecule has 1 aromatic heterocycles. The molecule has 1 heterocycles. The van der Waals surface area contributed by atoms with Crippen LogP contribution in [0.4, 0.5) is 13.2 Å². The molecule has 0 radical (unpaired) electrons. The number of hydrogen-bond acceptors (Lipinski definition) is 2. The van der Waals surface area contributed by atoms with E-state index in [1.54, 1.807) is 37.4 Å². The second kappa shape index (κ2) is 9.05. The summed E-state index contributed by atoms with van der Waals surface area (Å²) in [6, 6.07) is 18.0. The van der Waals surface area contributed by atoms with Crippen LogP contribution in [0.3, 0.4) is 0 Å². The predicted molar refractivity (Wildman–Crippen MR) is 122 cm³/mol. The summed E-state index contributed by atoms with van der Waals surface area (Å²) < 4.78 is 40.4. The highest BCUT2D eigenvalue weighted by Gasteiger charge is 2.30. The molecule has 4 rings (SSSR count). The molecule has 5 nitrogen and oxygen atoms in total. The number of carbonyl (C=O) groups is 2. The van der Waals surface area contributed by atoms with Crippen LogP contribution >= 0.6 is 0 Å². The van der Waals surface area contributed by atoms with Crippen LogP contribution < -0.4 is 5.32 Å². The number of fused-ring (bicyclic) bond motifs is 1. The molecule has 0 aliphatic rings. The maximum atomic E-state index is 13.1. The molecule has 1 atom stereocenters. The summed E-state index contributed by atoms with van der Waals surface area (Å²) in [5.74, 6) is -1.34. The van der Waals surface area contributed by atoms with Gasteiger partial charge in [0.2, 0.25) is 0 Å². The molecule has 3 aromatic carbocycles. The van der Waals surface area contributed by atoms with Crippen molar-refractivity contribution in [3.05, 3.63) is 107 Å². The van der Waals surface area contributed by atoms with E-state index in [1.165, 1.54) is 24.3 Å². The van der Waals surface area contributed by atoms with E-state index in [0.717, 1.165) is 23.1 Å². The van der Waals surface area contributed by atoms with Gasteiger partial charge in [0, 0.05) is 18.1 Å². The standard InChI is InChI=1S/C26H21F3N2O3/c1-16(18-7-9-20(10-8-18)25(33)34)30-24(32)22-4-2-3-19-13-14-31(23(19)22)15-17-5-11-21(12-6-17)26(27,28)29/h2-14,16H,15H2,1H3,(H,30,32)(H,33,34)/t16-/m0/s1. The van der Waals surface area contributed by atoms with Crippen LogP contribution in [0.2, 0.25) is 0 Å². The highest BCUT2D eigenvalue weighted by atomic mass is 19.4. The van der Waals surface area contributed by atoms with Crippen LogP contribution in [0.1, 0.15) is 50.4 Å². The van der Waals surface area contributed by atoms with Crippen molar-refractivity contribution in [1.29, 1.82) is 0 Å². The minimum atomic E-state index is -4.39. The van der Waals surface area contributed by atoms with Gasteiger partial charge < -0.3 is 15.0 Å². The van der Waals surface area contributed by atoms with Gasteiger partial charge in [0.15, 0.2) is 0 Å². The third kappa shape index (κ3) is 4.80. The van der Waals surface area contributed by atoms with Crippen molar-refractivity contribution in [3.63, 3.8) is 0 Å². The number of benzene rings is 3. The molecule has 0 spiro atoms. The van der Waals surface area contributed by atoms with Gasteiger partial charge in [-0.05, 0) is 54.4 Å². The second-order valence-electron chi connectivity index (χ2n) is 8.00. The van der Waals surface area contributed by atoms with E-state index < -0.39 is 17.7 Å². The Labute approximate surface area is 193 Å². The van der Waals surface area contributed by atoms with Crippen molar-refractivity contribution in [2.45, 2.75) is 25.7 Å². The number of para-hydroxylation sites is 1. The first kappa shape index (κ1) is 23.1. The highest BCUT2D eigenvalue weighted by Crippen LogP contribution is 2.29. The van der Waals surface area contributed by atoms with Crippen molar-refractivity contribution in [3.8, 4) is 0 Å². The Balaban J connectivity index is 1.57. The minimum Gasteiger partial charge on any atom is -0.478 e. The van der Waals surface area contributed by atoms with Crippen LogP contribution in [0.15, 0.2) is 79.0 Å². The number of halogens is 3. The molecule has 0 aliphatic heterocycles. The number of carboxylic acids is 1. The first-order valence-electron chi connectivity index (χ1n) is 10.5. The maximum absolute atomic E-state index is 13.1. The molecule has 174 valence electrons. The summed E-state index contributed by atoms with van der Waals surface area (Å²) in [5, 5.41) is 12.8. The lowest BCUT2D eigenvalue weighted by Gasteiger charge is -2.16. The Morgan fingerprint density at radius 2 is 1.65 bits per heavy atom. The quantitative estimate of drug-likeness (QED) is 0.372. The largest absolute Gasteiger partial charge is 0.478 e. The van der Waals surface area contributed by atoms with Crippen molar-refractivity contribution in [2.24, 2.45) is 0 Å². The molecule has 0 saturated carbocycles. The van der Waals surface area contributed by atoms with Crippen molar-refractivity contribution in [1.82, 2.24) is 9.88 Å². The van der Waals surface area contributed by atoms with Crippen LogP contribution in [-0.4, -0.2) is 21.6 Å². The first-order valence-corrected chi connectivity index (χ1v) is 10.5. The van der Waals surface area contributed by atoms with E-state index in [4.69, 9.17) is 5.11 Å². The number of alkyl halides is 3. The third-order valence-corrected chi connectivity index (χ3v) is 5.67. The van der Waals surface area contributed by atoms with E-state index in [9.17, 15) is 22.8 Å². The third-order valence-electron chi connectivity index (χ3n) is 5.67. The Bertz CT molecular complexity index is 1340. The topological polar surface area (TPSA) is 71.3 Å². The van der Waals surface area contributed by atoms with Gasteiger partial charge in [0.1, 0.15) is 0 Å². The van der Waals surface area contributed by atoms with E-state index >= 15 is 0 Å². The molecule has 0 unspecified atom stereocenters. The number of aromatic nitrogens is 1. The predicted octanol–water partition coefficient (Wildman–Crippen LogP) is 5.90. The van der Waals surface area contributed by atoms with Crippen molar-refractivity contribution in [2.75, 3.05) is 0 Å². The monoisotopic (exact) mass is 466 g/mol. The summed E-state index contributed by atoms with van der Waals surface area (Å²) in [7, 11) is 0. The van der Waals surface area contributed by atoms with Crippen molar-refractivity contribution >= 4 is 22.8 Å². The Morgan fingerprint density at radius 1 is 0.971 bits per heavy atom. The van der Waals surface area contributed by atoms with Gasteiger partial charge in [0.05, 0.1) is 28.2 Å². The molecular weight excluding hydrogens is 445 g/mol. The molecule has 34 heavy (non-hydrogen) atoms. The van der Waals surface area contributed by atoms with Gasteiger partial charge in [-0.2, -0.15) is 13.2 Å². The maximum Gasteiger partial charge on any atom is 0.416 e. The average molecular weight is 466 g/mol. The minimum absolute atomic E-state index is 0.160. The van der Waals surface area contributed by atoms with Gasteiger partial charge in [0.25, 0.3) is 5.91 Å². The lowest BCUT2D eigenvalue weighted by Crippen LogP contribution is -2.27. The van der Waals surface area contributed by atoms with Gasteiger partial charge in [-0.15, -0.1) is 0 Å². The number of nitrogens with one attached hydrogen (secondary N) is 1. The number of rotatable bonds is 6. The van der Waals surface area contributed by atoms with Crippen LogP contribution in [0.25, 0.3) is 10.9 Å². The molecule has 0 fully saturated rings. The Hall–Kier alpha value is -4.07. The molecule has 1 amide bonds. The zero-order valence-corrected chi connectivity index (χ0v) is 18.1. The van der Waals surface area contributed by atoms with Crippen LogP contribution in [0, 0.1) is 0 Å². The molecule has 0 bridgehead atoms. The second-order valence-corrected chi connectivity index (χ2v) is 8.00. The summed E-state index contributed by atoms with van der Waals surface area (Å²) >= 11 is 0. The van der Waals surface area contributed by atoms with Gasteiger partial charge >= 0.3 is 12.1 Å². The number of aromatic carboxylic acids is 1. The number of amides is 1. The summed E-state index contributed by atoms with van der Waals surface area (Å²) in [6.07, 6.45) is -2.60. The Kier molecular flexibility index (Phi) is 6.15. The summed E-state index contributed by atoms with van der Waals surface area (Å²) in [6.45, 7) is 2.10. The lowest BCUT2D eigenvalue weighted by atomic mass is 10.0. The van der Waals surface area contributed by atoms with Crippen molar-refractivity contribution < 1.29 is 27.9 Å². The smallest absolute Gasteiger partial charge is 0.416 e. The first-order chi connectivity index (χ1) is 16.1. The van der Waals surface area contributed by atoms with Crippen LogP contribution in [0.5, 0.6) is 0 Å². The summed E-state index contributed by atoms with van der Waals surface area (Å²) in [4.78, 5) is 24.2. The lowest BCUT2D eigenvalue weighted by molar-refractivity contribution is -0.137. The number of hydrogen-bond donors (Lipinski definition) is 2. The van der Waals surface area contributed by atoms with Crippen LogP contribution in [-0.2, 0) is 12.7 Å². The number of nitrogens with zero attached hydrogens (tertiary/aromatic N) is 1. The zero-order chi connectivity index (χ0) is 24.5. The van der Waals surface area contributed by atoms with E-state index in [2.05, 4.69) is 5.32 Å². The van der Waals surface area contributed by atoms with Gasteiger partial charge in [-0.1, -0.05) is 36.4 Å². The fourth-order valence-electron chi connectivity index (χ4n) is 3.84. The average Bonchev–Trinajstić information content (AvgIpc) is 3.21. The molecule has 0 aliphatic carbocycles. The fourth-order valence-corrected chi connectivity index (χ4v) is 3.84. The molecular formula is C26H21F3N2O3. The SMILES string of the molecule is C[C@H](NC(=O)c1cccc2ccn(Cc3ccc(C(F)(F)F)cc3)c12)c1ccc(C(=O)O)cc1. The molecule has 8 heteroatoms. The van der Waals surface area contributed by atoms with E-state index in [-0.39, 0.29) is 17.5 Å². The normalized spacial score (nSPS) is 12.5. The number of carbonyl (C=O) groups excluding carboxylic acids is 1.